The van der Waals surface area contributed by atoms with Crippen molar-refractivity contribution in [3.63, 3.8) is 0 Å². The van der Waals surface area contributed by atoms with E-state index in [2.05, 4.69) is 21.2 Å². The van der Waals surface area contributed by atoms with Gasteiger partial charge in [0.05, 0.1) is 12.1 Å². The highest BCUT2D eigenvalue weighted by Gasteiger charge is 2.07. The van der Waals surface area contributed by atoms with Crippen LogP contribution in [-0.2, 0) is 0 Å². The zero-order chi connectivity index (χ0) is 14.4. The van der Waals surface area contributed by atoms with Crippen LogP contribution in [0.25, 0.3) is 0 Å². The summed E-state index contributed by atoms with van der Waals surface area (Å²) in [4.78, 5) is 11.9. The third-order valence-electron chi connectivity index (χ3n) is 2.59. The van der Waals surface area contributed by atoms with Crippen LogP contribution in [-0.4, -0.2) is 19.1 Å². The maximum absolute atomic E-state index is 12.7. The van der Waals surface area contributed by atoms with Crippen LogP contribution in [0.5, 0.6) is 5.75 Å². The predicted octanol–water partition coefficient (Wildman–Crippen LogP) is 3.40. The molecule has 2 rings (SSSR count). The standard InChI is InChI=1S/C15H13BrFNO2/c16-14-4-2-1-3-13(14)15(19)18-9-10-20-12-7-5-11(17)6-8-12/h1-8H,9-10H2,(H,18,19). The number of hydrogen-bond acceptors (Lipinski definition) is 2. The molecule has 0 aliphatic heterocycles. The molecule has 2 aromatic rings. The summed E-state index contributed by atoms with van der Waals surface area (Å²) in [5, 5.41) is 2.75. The molecule has 0 heterocycles. The minimum atomic E-state index is -0.306. The Hall–Kier alpha value is -1.88. The Morgan fingerprint density at radius 3 is 2.55 bits per heavy atom. The van der Waals surface area contributed by atoms with E-state index in [1.807, 2.05) is 12.1 Å². The smallest absolute Gasteiger partial charge is 0.252 e. The van der Waals surface area contributed by atoms with Crippen molar-refractivity contribution >= 4 is 21.8 Å². The Morgan fingerprint density at radius 2 is 1.85 bits per heavy atom. The SMILES string of the molecule is O=C(NCCOc1ccc(F)cc1)c1ccccc1Br. The fourth-order valence-electron chi connectivity index (χ4n) is 1.60. The summed E-state index contributed by atoms with van der Waals surface area (Å²) in [6.45, 7) is 0.694. The van der Waals surface area contributed by atoms with Crippen molar-refractivity contribution in [2.75, 3.05) is 13.2 Å². The van der Waals surface area contributed by atoms with E-state index >= 15 is 0 Å². The van der Waals surface area contributed by atoms with Gasteiger partial charge in [0.1, 0.15) is 18.2 Å². The molecular weight excluding hydrogens is 325 g/mol. The summed E-state index contributed by atoms with van der Waals surface area (Å²) in [6, 6.07) is 12.9. The van der Waals surface area contributed by atoms with E-state index in [1.54, 1.807) is 24.3 Å². The summed E-state index contributed by atoms with van der Waals surface area (Å²) in [5.74, 6) is 0.0984. The Kier molecular flexibility index (Phi) is 5.12. The highest BCUT2D eigenvalue weighted by atomic mass is 79.9. The number of hydrogen-bond donors (Lipinski definition) is 1. The van der Waals surface area contributed by atoms with E-state index in [0.29, 0.717) is 24.5 Å². The molecule has 0 bridgehead atoms. The molecule has 0 aliphatic carbocycles. The zero-order valence-electron chi connectivity index (χ0n) is 10.6. The fraction of sp³-hybridized carbons (Fsp3) is 0.133. The van der Waals surface area contributed by atoms with Gasteiger partial charge in [-0.05, 0) is 52.3 Å². The number of carbonyl (C=O) groups excluding carboxylic acids is 1. The molecule has 104 valence electrons. The molecule has 2 aromatic carbocycles. The lowest BCUT2D eigenvalue weighted by Gasteiger charge is -2.08. The maximum Gasteiger partial charge on any atom is 0.252 e. The van der Waals surface area contributed by atoms with Crippen LogP contribution < -0.4 is 10.1 Å². The molecule has 3 nitrogen and oxygen atoms in total. The topological polar surface area (TPSA) is 38.3 Å². The summed E-state index contributed by atoms with van der Waals surface area (Å²) >= 11 is 3.32. The predicted molar refractivity (Wildman–Crippen MR) is 78.4 cm³/mol. The molecular formula is C15H13BrFNO2. The Morgan fingerprint density at radius 1 is 1.15 bits per heavy atom. The number of benzene rings is 2. The molecule has 0 saturated heterocycles. The van der Waals surface area contributed by atoms with Crippen molar-refractivity contribution < 1.29 is 13.9 Å². The van der Waals surface area contributed by atoms with Crippen molar-refractivity contribution in [3.8, 4) is 5.75 Å². The summed E-state index contributed by atoms with van der Waals surface area (Å²) in [7, 11) is 0. The first-order valence-electron chi connectivity index (χ1n) is 6.08. The highest BCUT2D eigenvalue weighted by Crippen LogP contribution is 2.15. The molecule has 20 heavy (non-hydrogen) atoms. The first-order valence-corrected chi connectivity index (χ1v) is 6.87. The van der Waals surface area contributed by atoms with Gasteiger partial charge in [-0.25, -0.2) is 4.39 Å². The Bertz CT molecular complexity index is 587. The molecule has 1 N–H and O–H groups in total. The average Bonchev–Trinajstić information content (AvgIpc) is 2.46. The number of amides is 1. The minimum absolute atomic E-state index is 0.166. The molecule has 0 aliphatic rings. The maximum atomic E-state index is 12.7. The second-order valence-electron chi connectivity index (χ2n) is 4.04. The van der Waals surface area contributed by atoms with E-state index in [4.69, 9.17) is 4.74 Å². The molecule has 1 amide bonds. The van der Waals surface area contributed by atoms with E-state index in [-0.39, 0.29) is 11.7 Å². The molecule has 0 aromatic heterocycles. The molecule has 0 atom stereocenters. The third-order valence-corrected chi connectivity index (χ3v) is 3.28. The molecule has 0 saturated carbocycles. The first-order chi connectivity index (χ1) is 9.66. The van der Waals surface area contributed by atoms with Gasteiger partial charge >= 0.3 is 0 Å². The van der Waals surface area contributed by atoms with Crippen LogP contribution in [0, 0.1) is 5.82 Å². The molecule has 5 heteroatoms. The van der Waals surface area contributed by atoms with Crippen molar-refractivity contribution in [2.45, 2.75) is 0 Å². The van der Waals surface area contributed by atoms with E-state index < -0.39 is 0 Å². The van der Waals surface area contributed by atoms with Crippen molar-refractivity contribution in [3.05, 3.63) is 64.4 Å². The molecule has 0 fully saturated rings. The van der Waals surface area contributed by atoms with E-state index in [1.165, 1.54) is 12.1 Å². The second-order valence-corrected chi connectivity index (χ2v) is 4.89. The van der Waals surface area contributed by atoms with Crippen LogP contribution in [0.15, 0.2) is 53.0 Å². The monoisotopic (exact) mass is 337 g/mol. The molecule has 0 unspecified atom stereocenters. The average molecular weight is 338 g/mol. The molecule has 0 radical (unpaired) electrons. The molecule has 0 spiro atoms. The van der Waals surface area contributed by atoms with Crippen LogP contribution in [0.1, 0.15) is 10.4 Å². The van der Waals surface area contributed by atoms with Gasteiger partial charge in [-0.2, -0.15) is 0 Å². The van der Waals surface area contributed by atoms with E-state index in [9.17, 15) is 9.18 Å². The number of carbonyl (C=O) groups is 1. The van der Waals surface area contributed by atoms with Crippen molar-refractivity contribution in [1.82, 2.24) is 5.32 Å². The van der Waals surface area contributed by atoms with Gasteiger partial charge in [0.2, 0.25) is 0 Å². The highest BCUT2D eigenvalue weighted by molar-refractivity contribution is 9.10. The number of halogens is 2. The largest absolute Gasteiger partial charge is 0.492 e. The quantitative estimate of drug-likeness (QED) is 0.849. The van der Waals surface area contributed by atoms with Gasteiger partial charge in [0.15, 0.2) is 0 Å². The van der Waals surface area contributed by atoms with Gasteiger partial charge < -0.3 is 10.1 Å². The lowest BCUT2D eigenvalue weighted by Crippen LogP contribution is -2.28. The number of ether oxygens (including phenoxy) is 1. The summed E-state index contributed by atoms with van der Waals surface area (Å²) < 4.78 is 18.8. The van der Waals surface area contributed by atoms with Crippen LogP contribution >= 0.6 is 15.9 Å². The number of rotatable bonds is 5. The third kappa shape index (κ3) is 4.06. The Balaban J connectivity index is 1.77. The van der Waals surface area contributed by atoms with Crippen molar-refractivity contribution in [1.29, 1.82) is 0 Å². The van der Waals surface area contributed by atoms with Crippen LogP contribution in [0.3, 0.4) is 0 Å². The van der Waals surface area contributed by atoms with Gasteiger partial charge in [-0.1, -0.05) is 12.1 Å². The van der Waals surface area contributed by atoms with Gasteiger partial charge in [0, 0.05) is 4.47 Å². The fourth-order valence-corrected chi connectivity index (χ4v) is 2.07. The lowest BCUT2D eigenvalue weighted by molar-refractivity contribution is 0.0946. The van der Waals surface area contributed by atoms with Gasteiger partial charge in [-0.3, -0.25) is 4.79 Å². The lowest BCUT2D eigenvalue weighted by atomic mass is 10.2. The zero-order valence-corrected chi connectivity index (χ0v) is 12.2. The number of nitrogens with one attached hydrogen (secondary N) is 1. The summed E-state index contributed by atoms with van der Waals surface area (Å²) in [5.41, 5.74) is 0.578. The summed E-state index contributed by atoms with van der Waals surface area (Å²) in [6.07, 6.45) is 0. The normalized spacial score (nSPS) is 10.1. The first kappa shape index (κ1) is 14.5. The van der Waals surface area contributed by atoms with Gasteiger partial charge in [0.25, 0.3) is 5.91 Å². The van der Waals surface area contributed by atoms with Crippen molar-refractivity contribution in [2.24, 2.45) is 0 Å². The Labute approximate surface area is 124 Å². The minimum Gasteiger partial charge on any atom is -0.492 e. The van der Waals surface area contributed by atoms with Gasteiger partial charge in [-0.15, -0.1) is 0 Å². The van der Waals surface area contributed by atoms with Crippen LogP contribution in [0.2, 0.25) is 0 Å². The second kappa shape index (κ2) is 7.05. The van der Waals surface area contributed by atoms with Crippen LogP contribution in [0.4, 0.5) is 4.39 Å². The van der Waals surface area contributed by atoms with E-state index in [0.717, 1.165) is 4.47 Å².